The van der Waals surface area contributed by atoms with Gasteiger partial charge in [-0.1, -0.05) is 47.8 Å². The third-order valence-electron chi connectivity index (χ3n) is 5.50. The molecule has 0 unspecified atom stereocenters. The van der Waals surface area contributed by atoms with Crippen LogP contribution in [0.1, 0.15) is 45.2 Å². The van der Waals surface area contributed by atoms with Gasteiger partial charge in [-0.2, -0.15) is 13.2 Å². The molecule has 0 bridgehead atoms. The summed E-state index contributed by atoms with van der Waals surface area (Å²) in [5.41, 5.74) is -2.05. The Morgan fingerprint density at radius 1 is 1.00 bits per heavy atom. The first-order valence-electron chi connectivity index (χ1n) is 11.6. The van der Waals surface area contributed by atoms with E-state index in [-0.39, 0.29) is 28.0 Å². The number of rotatable bonds is 9. The minimum absolute atomic E-state index is 0.124. The summed E-state index contributed by atoms with van der Waals surface area (Å²) in [6.07, 6.45) is -3.94. The number of amides is 2. The fourth-order valence-corrected chi connectivity index (χ4v) is 5.34. The number of alkyl halides is 3. The normalized spacial score (nSPS) is 13.1. The second-order valence-electron chi connectivity index (χ2n) is 9.82. The Labute approximate surface area is 241 Å². The zero-order valence-corrected chi connectivity index (χ0v) is 25.0. The number of hydrogen-bond donors (Lipinski definition) is 1. The second kappa shape index (κ2) is 12.5. The third-order valence-corrected chi connectivity index (χ3v) is 7.65. The Morgan fingerprint density at radius 3 is 2.03 bits per heavy atom. The third kappa shape index (κ3) is 8.89. The van der Waals surface area contributed by atoms with Gasteiger partial charge in [0.1, 0.15) is 12.6 Å². The number of halogens is 6. The molecule has 2 amide bonds. The molecule has 0 fully saturated rings. The number of hydrogen-bond acceptors (Lipinski definition) is 4. The van der Waals surface area contributed by atoms with Crippen molar-refractivity contribution in [3.63, 3.8) is 0 Å². The van der Waals surface area contributed by atoms with E-state index in [1.54, 1.807) is 33.8 Å². The quantitative estimate of drug-likeness (QED) is 0.360. The number of carbonyl (C=O) groups excluding carboxylic acids is 2. The maximum atomic E-state index is 13.8. The number of nitrogens with one attached hydrogen (secondary N) is 1. The molecule has 0 radical (unpaired) electrons. The molecular formula is C25H29Cl3F3N3O4S. The SMILES string of the molecule is CC[C@@H](C(=O)NC(C)(C)C)N(Cc1c(Cl)cccc1Cl)C(=O)CN(c1cc(C(F)(F)F)ccc1Cl)S(C)(=O)=O. The Bertz CT molecular complexity index is 1310. The highest BCUT2D eigenvalue weighted by molar-refractivity contribution is 7.92. The highest BCUT2D eigenvalue weighted by atomic mass is 35.5. The maximum Gasteiger partial charge on any atom is 0.416 e. The van der Waals surface area contributed by atoms with Crippen LogP contribution in [0.25, 0.3) is 0 Å². The lowest BCUT2D eigenvalue weighted by atomic mass is 10.1. The first kappa shape index (κ1) is 33.0. The second-order valence-corrected chi connectivity index (χ2v) is 12.9. The van der Waals surface area contributed by atoms with E-state index in [0.29, 0.717) is 22.0 Å². The Hall–Kier alpha value is -2.21. The van der Waals surface area contributed by atoms with Crippen LogP contribution in [0, 0.1) is 0 Å². The van der Waals surface area contributed by atoms with Gasteiger partial charge in [-0.15, -0.1) is 0 Å². The Morgan fingerprint density at radius 2 is 1.56 bits per heavy atom. The predicted molar refractivity (Wildman–Crippen MR) is 148 cm³/mol. The molecule has 0 saturated carbocycles. The van der Waals surface area contributed by atoms with Gasteiger partial charge in [0.2, 0.25) is 21.8 Å². The van der Waals surface area contributed by atoms with E-state index in [4.69, 9.17) is 34.8 Å². The lowest BCUT2D eigenvalue weighted by Crippen LogP contribution is -2.55. The Balaban J connectivity index is 2.62. The van der Waals surface area contributed by atoms with Crippen LogP contribution in [0.4, 0.5) is 18.9 Å². The standard InChI is InChI=1S/C25H29Cl3F3N3O4S/c1-6-20(23(36)32-24(2,3)4)33(13-16-17(26)8-7-9-18(16)27)22(35)14-34(39(5,37)38)21-12-15(25(29,30)31)10-11-19(21)28/h7-12,20H,6,13-14H2,1-5H3,(H,32,36)/t20-/m0/s1. The summed E-state index contributed by atoms with van der Waals surface area (Å²) in [7, 11) is -4.32. The number of anilines is 1. The van der Waals surface area contributed by atoms with Gasteiger partial charge < -0.3 is 10.2 Å². The highest BCUT2D eigenvalue weighted by Gasteiger charge is 2.36. The molecule has 0 aliphatic carbocycles. The average molecular weight is 631 g/mol. The van der Waals surface area contributed by atoms with E-state index in [1.165, 1.54) is 12.1 Å². The molecule has 0 aromatic heterocycles. The van der Waals surface area contributed by atoms with Crippen LogP contribution < -0.4 is 9.62 Å². The van der Waals surface area contributed by atoms with E-state index in [1.807, 2.05) is 0 Å². The van der Waals surface area contributed by atoms with Crippen molar-refractivity contribution in [1.82, 2.24) is 10.2 Å². The topological polar surface area (TPSA) is 86.8 Å². The van der Waals surface area contributed by atoms with Crippen molar-refractivity contribution in [2.45, 2.75) is 58.4 Å². The predicted octanol–water partition coefficient (Wildman–Crippen LogP) is 6.15. The average Bonchev–Trinajstić information content (AvgIpc) is 2.77. The van der Waals surface area contributed by atoms with Crippen molar-refractivity contribution >= 4 is 62.3 Å². The summed E-state index contributed by atoms with van der Waals surface area (Å²) in [6, 6.07) is 5.71. The molecule has 14 heteroatoms. The molecular weight excluding hydrogens is 602 g/mol. The van der Waals surface area contributed by atoms with Gasteiger partial charge in [-0.05, 0) is 57.5 Å². The van der Waals surface area contributed by atoms with Gasteiger partial charge in [0, 0.05) is 27.7 Å². The largest absolute Gasteiger partial charge is 0.416 e. The smallest absolute Gasteiger partial charge is 0.350 e. The summed E-state index contributed by atoms with van der Waals surface area (Å²) in [4.78, 5) is 28.1. The summed E-state index contributed by atoms with van der Waals surface area (Å²) in [5, 5.41) is 2.87. The van der Waals surface area contributed by atoms with E-state index in [2.05, 4.69) is 5.32 Å². The first-order chi connectivity index (χ1) is 17.8. The minimum Gasteiger partial charge on any atom is -0.350 e. The Kier molecular flexibility index (Phi) is 10.6. The molecule has 216 valence electrons. The van der Waals surface area contributed by atoms with E-state index >= 15 is 0 Å². The molecule has 2 aromatic rings. The van der Waals surface area contributed by atoms with Crippen molar-refractivity contribution in [3.05, 3.63) is 62.6 Å². The van der Waals surface area contributed by atoms with Crippen molar-refractivity contribution < 1.29 is 31.2 Å². The number of sulfonamides is 1. The van der Waals surface area contributed by atoms with E-state index in [9.17, 15) is 31.2 Å². The van der Waals surface area contributed by atoms with Crippen LogP contribution in [-0.2, 0) is 32.3 Å². The van der Waals surface area contributed by atoms with E-state index < -0.39 is 57.4 Å². The lowest BCUT2D eigenvalue weighted by molar-refractivity contribution is -0.141. The summed E-state index contributed by atoms with van der Waals surface area (Å²) in [5.74, 6) is -1.41. The molecule has 0 aliphatic heterocycles. The number of nitrogens with zero attached hydrogens (tertiary/aromatic N) is 2. The zero-order valence-electron chi connectivity index (χ0n) is 21.9. The van der Waals surface area contributed by atoms with Crippen molar-refractivity contribution in [2.24, 2.45) is 0 Å². The fraction of sp³-hybridized carbons (Fsp3) is 0.440. The van der Waals surface area contributed by atoms with E-state index in [0.717, 1.165) is 17.2 Å². The number of carbonyl (C=O) groups is 2. The van der Waals surface area contributed by atoms with Crippen LogP contribution in [0.15, 0.2) is 36.4 Å². The molecule has 7 nitrogen and oxygen atoms in total. The lowest BCUT2D eigenvalue weighted by Gasteiger charge is -2.35. The summed E-state index contributed by atoms with van der Waals surface area (Å²) in [6.45, 7) is 5.67. The zero-order chi connectivity index (χ0) is 29.9. The van der Waals surface area contributed by atoms with Gasteiger partial charge in [-0.3, -0.25) is 13.9 Å². The first-order valence-corrected chi connectivity index (χ1v) is 14.6. The summed E-state index contributed by atoms with van der Waals surface area (Å²) >= 11 is 18.7. The molecule has 0 saturated heterocycles. The van der Waals surface area contributed by atoms with Crippen LogP contribution in [-0.4, -0.2) is 49.5 Å². The maximum absolute atomic E-state index is 13.8. The highest BCUT2D eigenvalue weighted by Crippen LogP contribution is 2.36. The molecule has 2 aromatic carbocycles. The fourth-order valence-electron chi connectivity index (χ4n) is 3.70. The van der Waals surface area contributed by atoms with Crippen molar-refractivity contribution in [1.29, 1.82) is 0 Å². The van der Waals surface area contributed by atoms with Crippen LogP contribution >= 0.6 is 34.8 Å². The monoisotopic (exact) mass is 629 g/mol. The molecule has 0 aliphatic rings. The van der Waals surface area contributed by atoms with Gasteiger partial charge in [0.25, 0.3) is 0 Å². The van der Waals surface area contributed by atoms with Crippen LogP contribution in [0.5, 0.6) is 0 Å². The molecule has 2 rings (SSSR count). The molecule has 1 atom stereocenters. The molecule has 39 heavy (non-hydrogen) atoms. The van der Waals surface area contributed by atoms with Crippen molar-refractivity contribution in [3.8, 4) is 0 Å². The van der Waals surface area contributed by atoms with Gasteiger partial charge >= 0.3 is 6.18 Å². The summed E-state index contributed by atoms with van der Waals surface area (Å²) < 4.78 is 66.1. The molecule has 1 N–H and O–H groups in total. The van der Waals surface area contributed by atoms with Gasteiger partial charge in [0.15, 0.2) is 0 Å². The van der Waals surface area contributed by atoms with Gasteiger partial charge in [-0.25, -0.2) is 8.42 Å². The minimum atomic E-state index is -4.79. The molecule has 0 heterocycles. The van der Waals surface area contributed by atoms with Gasteiger partial charge in [0.05, 0.1) is 22.5 Å². The van der Waals surface area contributed by atoms with Crippen LogP contribution in [0.3, 0.4) is 0 Å². The van der Waals surface area contributed by atoms with Crippen LogP contribution in [0.2, 0.25) is 15.1 Å². The number of benzene rings is 2. The van der Waals surface area contributed by atoms with Crippen molar-refractivity contribution in [2.75, 3.05) is 17.1 Å². The molecule has 0 spiro atoms.